The molecule has 1 heterocycles. The van der Waals surface area contributed by atoms with E-state index < -0.39 is 21.7 Å². The third kappa shape index (κ3) is 3.97. The van der Waals surface area contributed by atoms with Crippen LogP contribution in [0.1, 0.15) is 18.9 Å². The molecule has 0 bridgehead atoms. The molecule has 116 valence electrons. The maximum atomic E-state index is 11.5. The van der Waals surface area contributed by atoms with Crippen LogP contribution in [-0.4, -0.2) is 44.1 Å². The first kappa shape index (κ1) is 15.8. The number of aliphatic carboxylic acids is 1. The van der Waals surface area contributed by atoms with Crippen molar-refractivity contribution in [2.24, 2.45) is 5.92 Å². The lowest BCUT2D eigenvalue weighted by Crippen LogP contribution is -2.39. The predicted molar refractivity (Wildman–Crippen MR) is 82.4 cm³/mol. The van der Waals surface area contributed by atoms with Crippen LogP contribution in [0.3, 0.4) is 0 Å². The molecule has 1 N–H and O–H groups in total. The van der Waals surface area contributed by atoms with Gasteiger partial charge in [-0.3, -0.25) is 4.79 Å². The zero-order valence-electron chi connectivity index (χ0n) is 12.2. The molecule has 0 aliphatic carbocycles. The van der Waals surface area contributed by atoms with Crippen molar-refractivity contribution in [2.75, 3.05) is 29.5 Å². The highest BCUT2D eigenvalue weighted by Crippen LogP contribution is 2.29. The second-order valence-electron chi connectivity index (χ2n) is 5.40. The van der Waals surface area contributed by atoms with Gasteiger partial charge in [-0.05, 0) is 24.5 Å². The van der Waals surface area contributed by atoms with Crippen LogP contribution in [0.4, 0.5) is 5.69 Å². The normalized spacial score (nSPS) is 18.3. The summed E-state index contributed by atoms with van der Waals surface area (Å²) in [6.07, 6.45) is 1.06. The van der Waals surface area contributed by atoms with Crippen LogP contribution in [0.5, 0.6) is 0 Å². The Morgan fingerprint density at radius 2 is 2.10 bits per heavy atom. The molecule has 0 saturated carbocycles. The average molecular weight is 311 g/mol. The first-order valence-electron chi connectivity index (χ1n) is 7.19. The van der Waals surface area contributed by atoms with Crippen molar-refractivity contribution in [3.63, 3.8) is 0 Å². The summed E-state index contributed by atoms with van der Waals surface area (Å²) < 4.78 is 23.1. The predicted octanol–water partition coefficient (Wildman–Crippen LogP) is 1.57. The van der Waals surface area contributed by atoms with Gasteiger partial charge in [0.1, 0.15) is 9.84 Å². The topological polar surface area (TPSA) is 74.7 Å². The molecular formula is C15H21NO4S. The van der Waals surface area contributed by atoms with Crippen LogP contribution < -0.4 is 4.90 Å². The molecule has 1 atom stereocenters. The first-order valence-corrected chi connectivity index (χ1v) is 9.01. The number of nitrogens with zero attached hydrogens (tertiary/aromatic N) is 1. The molecule has 2 rings (SSSR count). The largest absolute Gasteiger partial charge is 0.481 e. The van der Waals surface area contributed by atoms with E-state index in [0.29, 0.717) is 25.9 Å². The minimum atomic E-state index is -2.97. The van der Waals surface area contributed by atoms with Crippen molar-refractivity contribution >= 4 is 21.5 Å². The molecule has 1 unspecified atom stereocenters. The highest BCUT2D eigenvalue weighted by molar-refractivity contribution is 7.91. The van der Waals surface area contributed by atoms with Crippen molar-refractivity contribution < 1.29 is 18.3 Å². The Hall–Kier alpha value is -1.56. The standard InChI is InChI=1S/C15H21NO4S/c1-2-21(19,20)9-5-8-16-11-13(15(17)18)10-12-6-3-4-7-14(12)16/h3-4,6-7,13H,2,5,8-11H2,1H3,(H,17,18). The number of anilines is 1. The number of rotatable bonds is 6. The molecule has 0 spiro atoms. The van der Waals surface area contributed by atoms with Gasteiger partial charge in [-0.25, -0.2) is 8.42 Å². The van der Waals surface area contributed by atoms with Gasteiger partial charge < -0.3 is 10.0 Å². The second-order valence-corrected chi connectivity index (χ2v) is 7.88. The minimum absolute atomic E-state index is 0.153. The fourth-order valence-electron chi connectivity index (χ4n) is 2.68. The molecule has 0 saturated heterocycles. The van der Waals surface area contributed by atoms with E-state index in [4.69, 9.17) is 0 Å². The van der Waals surface area contributed by atoms with Crippen molar-refractivity contribution in [2.45, 2.75) is 19.8 Å². The molecule has 0 amide bonds. The number of carboxylic acid groups (broad SMARTS) is 1. The maximum absolute atomic E-state index is 11.5. The molecule has 1 aliphatic rings. The third-order valence-electron chi connectivity index (χ3n) is 3.91. The van der Waals surface area contributed by atoms with E-state index in [-0.39, 0.29) is 11.5 Å². The van der Waals surface area contributed by atoms with Gasteiger partial charge in [-0.1, -0.05) is 25.1 Å². The molecular weight excluding hydrogens is 290 g/mol. The number of sulfone groups is 1. The summed E-state index contributed by atoms with van der Waals surface area (Å²) >= 11 is 0. The van der Waals surface area contributed by atoms with Crippen molar-refractivity contribution in [3.05, 3.63) is 29.8 Å². The molecule has 6 heteroatoms. The smallest absolute Gasteiger partial charge is 0.308 e. The van der Waals surface area contributed by atoms with Crippen LogP contribution in [0.15, 0.2) is 24.3 Å². The van der Waals surface area contributed by atoms with E-state index in [2.05, 4.69) is 0 Å². The summed E-state index contributed by atoms with van der Waals surface area (Å²) in [6, 6.07) is 7.75. The molecule has 0 aromatic heterocycles. The van der Waals surface area contributed by atoms with Crippen molar-refractivity contribution in [1.82, 2.24) is 0 Å². The molecule has 0 fully saturated rings. The van der Waals surface area contributed by atoms with Gasteiger partial charge in [-0.2, -0.15) is 0 Å². The number of hydrogen-bond donors (Lipinski definition) is 1. The fourth-order valence-corrected chi connectivity index (χ4v) is 3.54. The highest BCUT2D eigenvalue weighted by Gasteiger charge is 2.28. The van der Waals surface area contributed by atoms with Crippen LogP contribution in [0.2, 0.25) is 0 Å². The van der Waals surface area contributed by atoms with Gasteiger partial charge in [0, 0.05) is 24.5 Å². The summed E-state index contributed by atoms with van der Waals surface area (Å²) in [7, 11) is -2.97. The van der Waals surface area contributed by atoms with Gasteiger partial charge >= 0.3 is 5.97 Å². The molecule has 21 heavy (non-hydrogen) atoms. The van der Waals surface area contributed by atoms with E-state index >= 15 is 0 Å². The van der Waals surface area contributed by atoms with E-state index in [0.717, 1.165) is 11.3 Å². The molecule has 0 radical (unpaired) electrons. The van der Waals surface area contributed by atoms with Gasteiger partial charge in [0.2, 0.25) is 0 Å². The summed E-state index contributed by atoms with van der Waals surface area (Å²) in [5.74, 6) is -0.917. The maximum Gasteiger partial charge on any atom is 0.308 e. The van der Waals surface area contributed by atoms with Crippen molar-refractivity contribution in [1.29, 1.82) is 0 Å². The van der Waals surface area contributed by atoms with Crippen LogP contribution >= 0.6 is 0 Å². The van der Waals surface area contributed by atoms with Gasteiger partial charge in [-0.15, -0.1) is 0 Å². The van der Waals surface area contributed by atoms with Crippen LogP contribution in [-0.2, 0) is 21.1 Å². The lowest BCUT2D eigenvalue weighted by atomic mass is 9.92. The Kier molecular flexibility index (Phi) is 4.88. The van der Waals surface area contributed by atoms with E-state index in [1.54, 1.807) is 6.92 Å². The van der Waals surface area contributed by atoms with Crippen molar-refractivity contribution in [3.8, 4) is 0 Å². The van der Waals surface area contributed by atoms with Gasteiger partial charge in [0.25, 0.3) is 0 Å². The zero-order valence-corrected chi connectivity index (χ0v) is 13.0. The molecule has 1 aliphatic heterocycles. The van der Waals surface area contributed by atoms with E-state index in [1.165, 1.54) is 0 Å². The number of fused-ring (bicyclic) bond motifs is 1. The Morgan fingerprint density at radius 3 is 2.76 bits per heavy atom. The number of benzene rings is 1. The summed E-state index contributed by atoms with van der Waals surface area (Å²) in [5, 5.41) is 9.25. The number of carboxylic acids is 1. The minimum Gasteiger partial charge on any atom is -0.481 e. The highest BCUT2D eigenvalue weighted by atomic mass is 32.2. The zero-order chi connectivity index (χ0) is 15.5. The number of hydrogen-bond acceptors (Lipinski definition) is 4. The number of carbonyl (C=O) groups is 1. The Morgan fingerprint density at radius 1 is 1.38 bits per heavy atom. The van der Waals surface area contributed by atoms with Gasteiger partial charge in [0.05, 0.1) is 11.7 Å². The Bertz CT molecular complexity index is 612. The molecule has 1 aromatic rings. The van der Waals surface area contributed by atoms with Gasteiger partial charge in [0.15, 0.2) is 0 Å². The average Bonchev–Trinajstić information content (AvgIpc) is 2.46. The Labute approximate surface area is 125 Å². The SMILES string of the molecule is CCS(=O)(=O)CCCN1CC(C(=O)O)Cc2ccccc21. The number of para-hydroxylation sites is 1. The van der Waals surface area contributed by atoms with E-state index in [1.807, 2.05) is 29.2 Å². The summed E-state index contributed by atoms with van der Waals surface area (Å²) in [4.78, 5) is 13.3. The van der Waals surface area contributed by atoms with E-state index in [9.17, 15) is 18.3 Å². The van der Waals surface area contributed by atoms with Crippen LogP contribution in [0.25, 0.3) is 0 Å². The Balaban J connectivity index is 2.09. The fraction of sp³-hybridized carbons (Fsp3) is 0.533. The molecule has 1 aromatic carbocycles. The lowest BCUT2D eigenvalue weighted by Gasteiger charge is -2.34. The lowest BCUT2D eigenvalue weighted by molar-refractivity contribution is -0.141. The molecule has 5 nitrogen and oxygen atoms in total. The monoisotopic (exact) mass is 311 g/mol. The first-order chi connectivity index (χ1) is 9.93. The van der Waals surface area contributed by atoms with Crippen LogP contribution in [0, 0.1) is 5.92 Å². The summed E-state index contributed by atoms with van der Waals surface area (Å²) in [6.45, 7) is 2.66. The third-order valence-corrected chi connectivity index (χ3v) is 5.70. The quantitative estimate of drug-likeness (QED) is 0.863. The second kappa shape index (κ2) is 6.47. The summed E-state index contributed by atoms with van der Waals surface area (Å²) in [5.41, 5.74) is 2.05.